The van der Waals surface area contributed by atoms with Gasteiger partial charge >= 0.3 is 0 Å². The average molecular weight is 400 g/mol. The Morgan fingerprint density at radius 2 is 2.03 bits per heavy atom. The molecule has 2 aromatic rings. The molecule has 0 radical (unpaired) electrons. The van der Waals surface area contributed by atoms with Gasteiger partial charge in [0.25, 0.3) is 0 Å². The van der Waals surface area contributed by atoms with E-state index >= 15 is 0 Å². The predicted octanol–water partition coefficient (Wildman–Crippen LogP) is 3.21. The van der Waals surface area contributed by atoms with E-state index in [1.165, 1.54) is 12.1 Å². The van der Waals surface area contributed by atoms with Crippen LogP contribution in [0, 0.1) is 5.82 Å². The predicted molar refractivity (Wildman–Crippen MR) is 115 cm³/mol. The van der Waals surface area contributed by atoms with Gasteiger partial charge in [-0.3, -0.25) is 0 Å². The van der Waals surface area contributed by atoms with Gasteiger partial charge in [-0.25, -0.2) is 14.4 Å². The molecule has 2 heterocycles. The molecular weight excluding hydrogens is 369 g/mol. The highest BCUT2D eigenvalue weighted by Gasteiger charge is 2.28. The van der Waals surface area contributed by atoms with E-state index in [0.29, 0.717) is 13.1 Å². The van der Waals surface area contributed by atoms with Crippen LogP contribution in [0.3, 0.4) is 0 Å². The summed E-state index contributed by atoms with van der Waals surface area (Å²) < 4.78 is 19.4. The van der Waals surface area contributed by atoms with Crippen LogP contribution in [0.5, 0.6) is 0 Å². The average Bonchev–Trinajstić information content (AvgIpc) is 2.71. The number of halogens is 1. The van der Waals surface area contributed by atoms with E-state index in [9.17, 15) is 4.39 Å². The second kappa shape index (κ2) is 9.69. The fourth-order valence-corrected chi connectivity index (χ4v) is 3.38. The van der Waals surface area contributed by atoms with Crippen LogP contribution in [0.1, 0.15) is 31.1 Å². The van der Waals surface area contributed by atoms with Crippen molar-refractivity contribution in [2.45, 2.75) is 32.6 Å². The number of benzene rings is 1. The first-order valence-electron chi connectivity index (χ1n) is 10.0. The molecule has 1 saturated heterocycles. The van der Waals surface area contributed by atoms with E-state index in [1.807, 2.05) is 31.3 Å². The van der Waals surface area contributed by atoms with Crippen LogP contribution in [0.25, 0.3) is 0 Å². The molecule has 156 valence electrons. The van der Waals surface area contributed by atoms with Crippen LogP contribution < -0.4 is 10.2 Å². The molecule has 1 aliphatic rings. The maximum absolute atomic E-state index is 13.3. The Kier molecular flexibility index (Phi) is 7.04. The summed E-state index contributed by atoms with van der Waals surface area (Å²) in [5, 5.41) is 3.40. The van der Waals surface area contributed by atoms with Crippen LogP contribution in [0.4, 0.5) is 10.2 Å². The summed E-state index contributed by atoms with van der Waals surface area (Å²) in [7, 11) is 3.95. The van der Waals surface area contributed by atoms with Crippen molar-refractivity contribution in [3.8, 4) is 0 Å². The molecule has 1 aromatic heterocycles. The lowest BCUT2D eigenvalue weighted by molar-refractivity contribution is -0.0605. The standard InChI is InChI=1S/C22H30FN5O/c1-5-24-22(26-13-17-10-11-25-21(12-17)27(3)4)28-14-16(2)29-20(15-28)18-6-8-19(23)9-7-18/h6-12,16,20H,5,13-15H2,1-4H3,(H,24,26). The fraction of sp³-hybridized carbons (Fsp3) is 0.455. The summed E-state index contributed by atoms with van der Waals surface area (Å²) in [6, 6.07) is 10.6. The zero-order chi connectivity index (χ0) is 20.8. The molecule has 3 rings (SSSR count). The summed E-state index contributed by atoms with van der Waals surface area (Å²) in [5.41, 5.74) is 2.08. The first-order valence-corrected chi connectivity index (χ1v) is 10.0. The Balaban J connectivity index is 1.77. The molecule has 7 heteroatoms. The number of anilines is 1. The number of nitrogens with one attached hydrogen (secondary N) is 1. The van der Waals surface area contributed by atoms with Crippen LogP contribution in [0.15, 0.2) is 47.6 Å². The van der Waals surface area contributed by atoms with Gasteiger partial charge in [0.1, 0.15) is 17.7 Å². The quantitative estimate of drug-likeness (QED) is 0.618. The van der Waals surface area contributed by atoms with E-state index in [1.54, 1.807) is 12.1 Å². The molecule has 0 saturated carbocycles. The van der Waals surface area contributed by atoms with E-state index in [2.05, 4.69) is 35.1 Å². The van der Waals surface area contributed by atoms with Crippen molar-refractivity contribution < 1.29 is 9.13 Å². The van der Waals surface area contributed by atoms with Crippen molar-refractivity contribution in [3.05, 3.63) is 59.5 Å². The lowest BCUT2D eigenvalue weighted by Crippen LogP contribution is -2.50. The minimum Gasteiger partial charge on any atom is -0.367 e. The number of pyridine rings is 1. The van der Waals surface area contributed by atoms with Crippen molar-refractivity contribution >= 4 is 11.8 Å². The summed E-state index contributed by atoms with van der Waals surface area (Å²) in [6.45, 7) is 6.89. The molecule has 1 aliphatic heterocycles. The van der Waals surface area contributed by atoms with Crippen LogP contribution in [-0.2, 0) is 11.3 Å². The van der Waals surface area contributed by atoms with Crippen LogP contribution in [0.2, 0.25) is 0 Å². The molecule has 1 aromatic carbocycles. The van der Waals surface area contributed by atoms with Gasteiger partial charge < -0.3 is 19.9 Å². The van der Waals surface area contributed by atoms with E-state index < -0.39 is 0 Å². The third kappa shape index (κ3) is 5.67. The van der Waals surface area contributed by atoms with Gasteiger partial charge in [-0.15, -0.1) is 0 Å². The van der Waals surface area contributed by atoms with Crippen molar-refractivity contribution in [1.82, 2.24) is 15.2 Å². The number of ether oxygens (including phenoxy) is 1. The molecule has 1 fully saturated rings. The molecule has 1 N–H and O–H groups in total. The molecule has 0 aliphatic carbocycles. The van der Waals surface area contributed by atoms with Crippen molar-refractivity contribution in [2.75, 3.05) is 38.6 Å². The van der Waals surface area contributed by atoms with Gasteiger partial charge in [-0.2, -0.15) is 0 Å². The number of morpholine rings is 1. The fourth-order valence-electron chi connectivity index (χ4n) is 3.38. The maximum atomic E-state index is 13.3. The minimum atomic E-state index is -0.237. The molecular formula is C22H30FN5O. The highest BCUT2D eigenvalue weighted by molar-refractivity contribution is 5.80. The summed E-state index contributed by atoms with van der Waals surface area (Å²) in [6.07, 6.45) is 1.74. The number of hydrogen-bond donors (Lipinski definition) is 1. The van der Waals surface area contributed by atoms with Crippen molar-refractivity contribution in [3.63, 3.8) is 0 Å². The smallest absolute Gasteiger partial charge is 0.194 e. The minimum absolute atomic E-state index is 0.0453. The number of guanidine groups is 1. The normalized spacial score (nSPS) is 19.9. The van der Waals surface area contributed by atoms with E-state index in [0.717, 1.165) is 36.0 Å². The van der Waals surface area contributed by atoms with Gasteiger partial charge in [0.15, 0.2) is 5.96 Å². The highest BCUT2D eigenvalue weighted by atomic mass is 19.1. The SMILES string of the molecule is CCNC(=NCc1ccnc(N(C)C)c1)N1CC(C)OC(c2ccc(F)cc2)C1. The Hall–Kier alpha value is -2.67. The zero-order valence-corrected chi connectivity index (χ0v) is 17.6. The molecule has 0 amide bonds. The first kappa shape index (κ1) is 21.0. The summed E-state index contributed by atoms with van der Waals surface area (Å²) in [5.74, 6) is 1.54. The van der Waals surface area contributed by atoms with Gasteiger partial charge in [0.2, 0.25) is 0 Å². The van der Waals surface area contributed by atoms with Crippen LogP contribution >= 0.6 is 0 Å². The Labute approximate surface area is 172 Å². The van der Waals surface area contributed by atoms with Crippen molar-refractivity contribution in [1.29, 1.82) is 0 Å². The third-order valence-corrected chi connectivity index (χ3v) is 4.82. The van der Waals surface area contributed by atoms with Crippen molar-refractivity contribution in [2.24, 2.45) is 4.99 Å². The zero-order valence-electron chi connectivity index (χ0n) is 17.6. The Bertz CT molecular complexity index is 824. The number of rotatable bonds is 5. The number of aromatic nitrogens is 1. The molecule has 2 unspecified atom stereocenters. The molecule has 29 heavy (non-hydrogen) atoms. The molecule has 0 bridgehead atoms. The third-order valence-electron chi connectivity index (χ3n) is 4.82. The first-order chi connectivity index (χ1) is 14.0. The summed E-state index contributed by atoms with van der Waals surface area (Å²) >= 11 is 0. The molecule has 6 nitrogen and oxygen atoms in total. The second-order valence-corrected chi connectivity index (χ2v) is 7.48. The van der Waals surface area contributed by atoms with E-state index in [-0.39, 0.29) is 18.0 Å². The maximum Gasteiger partial charge on any atom is 0.194 e. The highest BCUT2D eigenvalue weighted by Crippen LogP contribution is 2.25. The number of nitrogens with zero attached hydrogens (tertiary/aromatic N) is 4. The van der Waals surface area contributed by atoms with Gasteiger partial charge in [-0.05, 0) is 49.2 Å². The van der Waals surface area contributed by atoms with E-state index in [4.69, 9.17) is 9.73 Å². The number of aliphatic imine (C=N–C) groups is 1. The lowest BCUT2D eigenvalue weighted by atomic mass is 10.1. The molecule has 0 spiro atoms. The number of hydrogen-bond acceptors (Lipinski definition) is 4. The lowest BCUT2D eigenvalue weighted by Gasteiger charge is -2.38. The summed E-state index contributed by atoms with van der Waals surface area (Å²) in [4.78, 5) is 13.4. The van der Waals surface area contributed by atoms with Gasteiger partial charge in [0.05, 0.1) is 19.2 Å². The Morgan fingerprint density at radius 3 is 2.72 bits per heavy atom. The van der Waals surface area contributed by atoms with Gasteiger partial charge in [-0.1, -0.05) is 12.1 Å². The topological polar surface area (TPSA) is 53.0 Å². The second-order valence-electron chi connectivity index (χ2n) is 7.48. The van der Waals surface area contributed by atoms with Gasteiger partial charge in [0, 0.05) is 33.4 Å². The monoisotopic (exact) mass is 399 g/mol. The largest absolute Gasteiger partial charge is 0.367 e. The van der Waals surface area contributed by atoms with Crippen LogP contribution in [-0.4, -0.2) is 55.7 Å². The Morgan fingerprint density at radius 1 is 1.28 bits per heavy atom. The molecule has 2 atom stereocenters.